The Morgan fingerprint density at radius 3 is 2.58 bits per heavy atom. The van der Waals surface area contributed by atoms with E-state index in [1.165, 1.54) is 11.3 Å². The topological polar surface area (TPSA) is 112 Å². The number of allylic oxidation sites excluding steroid dienone is 3. The van der Waals surface area contributed by atoms with Gasteiger partial charge in [0.2, 0.25) is 0 Å². The highest BCUT2D eigenvalue weighted by molar-refractivity contribution is 5.96. The second-order valence-corrected chi connectivity index (χ2v) is 9.47. The van der Waals surface area contributed by atoms with E-state index in [4.69, 9.17) is 5.73 Å². The Morgan fingerprint density at radius 2 is 1.92 bits per heavy atom. The number of amides is 1. The maximum Gasteiger partial charge on any atom is 0.251 e. The number of hydrogen-bond donors (Lipinski definition) is 3. The Morgan fingerprint density at radius 1 is 1.21 bits per heavy atom. The summed E-state index contributed by atoms with van der Waals surface area (Å²) in [6.07, 6.45) is 7.40. The van der Waals surface area contributed by atoms with Gasteiger partial charge in [-0.1, -0.05) is 32.1 Å². The van der Waals surface area contributed by atoms with Crippen molar-refractivity contribution >= 4 is 22.5 Å². The second kappa shape index (κ2) is 12.1. The molecule has 1 amide bonds. The number of nitrogens with two attached hydrogens (primary N) is 1. The van der Waals surface area contributed by atoms with E-state index < -0.39 is 0 Å². The quantitative estimate of drug-likeness (QED) is 0.477. The van der Waals surface area contributed by atoms with Gasteiger partial charge in [0.05, 0.1) is 6.17 Å². The summed E-state index contributed by atoms with van der Waals surface area (Å²) in [6, 6.07) is 14.4. The lowest BCUT2D eigenvalue weighted by Gasteiger charge is -2.32. The summed E-state index contributed by atoms with van der Waals surface area (Å²) in [5.74, 6) is 0.456. The van der Waals surface area contributed by atoms with E-state index >= 15 is 0 Å². The monoisotopic (exact) mass is 511 g/mol. The van der Waals surface area contributed by atoms with Crippen LogP contribution in [0.15, 0.2) is 60.4 Å². The maximum absolute atomic E-state index is 11.8. The predicted octanol–water partition coefficient (Wildman–Crippen LogP) is 4.02. The largest absolute Gasteiger partial charge is 0.358 e. The molecule has 0 bridgehead atoms. The van der Waals surface area contributed by atoms with Gasteiger partial charge >= 0.3 is 0 Å². The fraction of sp³-hybridized carbons (Fsp3) is 0.367. The fourth-order valence-corrected chi connectivity index (χ4v) is 5.26. The molecule has 198 valence electrons. The Hall–Kier alpha value is -3.93. The van der Waals surface area contributed by atoms with Gasteiger partial charge in [0.25, 0.3) is 5.91 Å². The highest BCUT2D eigenvalue weighted by Gasteiger charge is 2.23. The van der Waals surface area contributed by atoms with E-state index in [2.05, 4.69) is 56.4 Å². The molecule has 0 saturated carbocycles. The molecule has 38 heavy (non-hydrogen) atoms. The number of nitrogens with one attached hydrogen (secondary N) is 2. The van der Waals surface area contributed by atoms with Gasteiger partial charge in [0.1, 0.15) is 17.4 Å². The van der Waals surface area contributed by atoms with Gasteiger partial charge in [0, 0.05) is 49.1 Å². The lowest BCUT2D eigenvalue weighted by Crippen LogP contribution is -2.36. The van der Waals surface area contributed by atoms with Gasteiger partial charge in [-0.2, -0.15) is 5.26 Å². The molecular weight excluding hydrogens is 474 g/mol. The van der Waals surface area contributed by atoms with Gasteiger partial charge in [-0.25, -0.2) is 4.98 Å². The molecule has 8 nitrogen and oxygen atoms in total. The third-order valence-corrected chi connectivity index (χ3v) is 7.33. The third-order valence-electron chi connectivity index (χ3n) is 7.33. The third kappa shape index (κ3) is 5.49. The maximum atomic E-state index is 11.8. The first-order valence-corrected chi connectivity index (χ1v) is 13.3. The standard InChI is InChI=1S/C28H31N7O.C2H6/c1-31-28(36)20-5-3-18(4-6-20)19-10-13-35(14-11-19)17-21-15-24-22(9-12-32-27(24)34(21)2)23-7-8-26(30)33-25(23)16-29;1-2/h3-9,12,15,19,26,33H,10-11,13-14,17,30H2,1-2H3,(H,31,36);1-2H3. The normalized spacial score (nSPS) is 17.9. The van der Waals surface area contributed by atoms with Crippen LogP contribution in [-0.4, -0.2) is 46.7 Å². The number of dihydropyridines is 1. The highest BCUT2D eigenvalue weighted by atomic mass is 16.1. The molecule has 1 unspecified atom stereocenters. The molecule has 0 aliphatic carbocycles. The molecule has 0 spiro atoms. The number of nitriles is 1. The predicted molar refractivity (Wildman–Crippen MR) is 152 cm³/mol. The van der Waals surface area contributed by atoms with Crippen molar-refractivity contribution in [3.63, 3.8) is 0 Å². The van der Waals surface area contributed by atoms with E-state index in [-0.39, 0.29) is 12.1 Å². The summed E-state index contributed by atoms with van der Waals surface area (Å²) in [5, 5.41) is 16.4. The number of pyridine rings is 1. The molecule has 2 aliphatic rings. The molecule has 1 aromatic carbocycles. The van der Waals surface area contributed by atoms with Crippen LogP contribution in [0.25, 0.3) is 16.6 Å². The van der Waals surface area contributed by atoms with Gasteiger partial charge in [-0.3, -0.25) is 9.69 Å². The van der Waals surface area contributed by atoms with Crippen molar-refractivity contribution in [1.82, 2.24) is 25.1 Å². The lowest BCUT2D eigenvalue weighted by molar-refractivity contribution is 0.0963. The zero-order valence-electron chi connectivity index (χ0n) is 22.7. The van der Waals surface area contributed by atoms with Crippen LogP contribution >= 0.6 is 0 Å². The van der Waals surface area contributed by atoms with E-state index in [9.17, 15) is 10.1 Å². The number of hydrogen-bond acceptors (Lipinski definition) is 6. The molecule has 1 fully saturated rings. The minimum atomic E-state index is -0.358. The van der Waals surface area contributed by atoms with Gasteiger partial charge in [-0.05, 0) is 73.3 Å². The molecule has 4 heterocycles. The van der Waals surface area contributed by atoms with Gasteiger partial charge in [0.15, 0.2) is 0 Å². The number of rotatable bonds is 5. The minimum Gasteiger partial charge on any atom is -0.358 e. The Balaban J connectivity index is 0.00000164. The first-order valence-electron chi connectivity index (χ1n) is 13.3. The van der Waals surface area contributed by atoms with Crippen LogP contribution in [0.4, 0.5) is 0 Å². The zero-order chi connectivity index (χ0) is 27.2. The SMILES string of the molecule is CC.CNC(=O)c1ccc(C2CCN(Cc3cc4c(C5=C(C#N)NC(N)C=C5)ccnc4n3C)CC2)cc1. The summed E-state index contributed by atoms with van der Waals surface area (Å²) in [4.78, 5) is 18.9. The number of aryl methyl sites for hydroxylation is 1. The van der Waals surface area contributed by atoms with Crippen LogP contribution in [0.3, 0.4) is 0 Å². The zero-order valence-corrected chi connectivity index (χ0v) is 22.7. The molecule has 2 aliphatic heterocycles. The summed E-state index contributed by atoms with van der Waals surface area (Å²) in [5.41, 5.74) is 12.3. The molecule has 8 heteroatoms. The number of likely N-dealkylation sites (tertiary alicyclic amines) is 1. The number of aromatic nitrogens is 2. The molecular formula is C30H37N7O. The Labute approximate surface area is 224 Å². The average molecular weight is 512 g/mol. The van der Waals surface area contributed by atoms with Crippen molar-refractivity contribution in [3.8, 4) is 6.07 Å². The van der Waals surface area contributed by atoms with Crippen LogP contribution in [0.5, 0.6) is 0 Å². The Bertz CT molecular complexity index is 1390. The van der Waals surface area contributed by atoms with Crippen molar-refractivity contribution in [2.45, 2.75) is 45.3 Å². The first-order chi connectivity index (χ1) is 18.5. The van der Waals surface area contributed by atoms with Crippen LogP contribution in [-0.2, 0) is 13.6 Å². The molecule has 1 atom stereocenters. The summed E-state index contributed by atoms with van der Waals surface area (Å²) < 4.78 is 2.15. The molecule has 4 N–H and O–H groups in total. The molecule has 2 aromatic heterocycles. The first kappa shape index (κ1) is 27.1. The van der Waals surface area contributed by atoms with Crippen LogP contribution in [0.2, 0.25) is 0 Å². The summed E-state index contributed by atoms with van der Waals surface area (Å²) in [7, 11) is 3.71. The van der Waals surface area contributed by atoms with E-state index in [0.717, 1.165) is 54.6 Å². The van der Waals surface area contributed by atoms with E-state index in [1.807, 2.05) is 44.2 Å². The summed E-state index contributed by atoms with van der Waals surface area (Å²) in [6.45, 7) is 6.87. The smallest absolute Gasteiger partial charge is 0.251 e. The number of carbonyl (C=O) groups is 1. The molecule has 0 radical (unpaired) electrons. The Kier molecular flexibility index (Phi) is 8.62. The van der Waals surface area contributed by atoms with Crippen molar-refractivity contribution in [1.29, 1.82) is 5.26 Å². The van der Waals surface area contributed by atoms with Gasteiger partial charge in [-0.15, -0.1) is 0 Å². The van der Waals surface area contributed by atoms with E-state index in [0.29, 0.717) is 17.2 Å². The summed E-state index contributed by atoms with van der Waals surface area (Å²) >= 11 is 0. The fourth-order valence-electron chi connectivity index (χ4n) is 5.26. The number of fused-ring (bicyclic) bond motifs is 1. The van der Waals surface area contributed by atoms with Crippen LogP contribution in [0, 0.1) is 11.3 Å². The minimum absolute atomic E-state index is 0.0524. The number of nitrogens with zero attached hydrogens (tertiary/aromatic N) is 4. The highest BCUT2D eigenvalue weighted by Crippen LogP contribution is 2.32. The number of piperidine rings is 1. The molecule has 1 saturated heterocycles. The number of carbonyl (C=O) groups excluding carboxylic acids is 1. The van der Waals surface area contributed by atoms with Crippen LogP contribution in [0.1, 0.15) is 59.8 Å². The van der Waals surface area contributed by atoms with Gasteiger partial charge < -0.3 is 20.9 Å². The van der Waals surface area contributed by atoms with Crippen LogP contribution < -0.4 is 16.4 Å². The molecule has 5 rings (SSSR count). The van der Waals surface area contributed by atoms with Crippen molar-refractivity contribution in [2.75, 3.05) is 20.1 Å². The molecule has 3 aromatic rings. The van der Waals surface area contributed by atoms with Crippen molar-refractivity contribution in [2.24, 2.45) is 12.8 Å². The average Bonchev–Trinajstić information content (AvgIpc) is 3.29. The second-order valence-electron chi connectivity index (χ2n) is 9.47. The number of benzene rings is 1. The van der Waals surface area contributed by atoms with E-state index in [1.54, 1.807) is 13.2 Å². The lowest BCUT2D eigenvalue weighted by atomic mass is 9.89. The van der Waals surface area contributed by atoms with Crippen molar-refractivity contribution in [3.05, 3.63) is 82.8 Å². The van der Waals surface area contributed by atoms with Crippen molar-refractivity contribution < 1.29 is 4.79 Å².